The van der Waals surface area contributed by atoms with Crippen LogP contribution in [0.15, 0.2) is 60.7 Å². The maximum absolute atomic E-state index is 13.5. The van der Waals surface area contributed by atoms with Gasteiger partial charge in [0.1, 0.15) is 30.8 Å². The molecule has 4 heterocycles. The molecule has 0 aromatic heterocycles. The third kappa shape index (κ3) is 10.7. The summed E-state index contributed by atoms with van der Waals surface area (Å²) in [5.74, 6) is -1.03. The lowest BCUT2D eigenvalue weighted by Crippen LogP contribution is -2.47. The Morgan fingerprint density at radius 2 is 1.48 bits per heavy atom. The molecule has 0 fully saturated rings. The van der Waals surface area contributed by atoms with Crippen molar-refractivity contribution < 1.29 is 33.4 Å². The van der Waals surface area contributed by atoms with Crippen molar-refractivity contribution in [3.8, 4) is 11.5 Å². The van der Waals surface area contributed by atoms with Crippen LogP contribution in [0.3, 0.4) is 0 Å². The van der Waals surface area contributed by atoms with Gasteiger partial charge in [-0.2, -0.15) is 0 Å². The summed E-state index contributed by atoms with van der Waals surface area (Å²) in [4.78, 5) is 51.7. The van der Waals surface area contributed by atoms with E-state index in [9.17, 15) is 19.2 Å². The van der Waals surface area contributed by atoms with Gasteiger partial charge in [0.15, 0.2) is 5.78 Å². The van der Waals surface area contributed by atoms with Crippen molar-refractivity contribution in [3.63, 3.8) is 0 Å². The van der Waals surface area contributed by atoms with Gasteiger partial charge in [0.25, 0.3) is 0 Å². The number of methoxy groups -OCH3 is 1. The predicted molar refractivity (Wildman–Crippen MR) is 158 cm³/mol. The van der Waals surface area contributed by atoms with Crippen molar-refractivity contribution in [2.75, 3.05) is 26.9 Å². The maximum atomic E-state index is 13.5. The van der Waals surface area contributed by atoms with Crippen LogP contribution in [0.1, 0.15) is 43.7 Å². The Morgan fingerprint density at radius 1 is 0.905 bits per heavy atom. The van der Waals surface area contributed by atoms with Crippen LogP contribution in [-0.2, 0) is 36.8 Å². The van der Waals surface area contributed by atoms with E-state index >= 15 is 0 Å². The molecule has 0 aliphatic carbocycles. The molecule has 4 aliphatic rings. The van der Waals surface area contributed by atoms with Gasteiger partial charge in [-0.25, -0.2) is 4.79 Å². The molecule has 42 heavy (non-hydrogen) atoms. The summed E-state index contributed by atoms with van der Waals surface area (Å²) >= 11 is 0. The third-order valence-corrected chi connectivity index (χ3v) is 6.98. The smallest absolute Gasteiger partial charge is 0.328 e. The fraction of sp³-hybridized carbons (Fsp3) is 0.438. The summed E-state index contributed by atoms with van der Waals surface area (Å²) in [5, 5.41) is 5.55. The normalized spacial score (nSPS) is 20.2. The number of hydrogen-bond donors (Lipinski definition) is 3. The topological polar surface area (TPSA) is 146 Å². The molecular weight excluding hydrogens is 538 g/mol. The van der Waals surface area contributed by atoms with Crippen LogP contribution >= 0.6 is 0 Å². The maximum Gasteiger partial charge on any atom is 0.328 e. The minimum atomic E-state index is -0.949. The van der Waals surface area contributed by atoms with Crippen molar-refractivity contribution >= 4 is 23.6 Å². The first kappa shape index (κ1) is 32.3. The number of carbonyl (C=O) groups excluding carboxylic acids is 4. The summed E-state index contributed by atoms with van der Waals surface area (Å²) in [7, 11) is 1.26. The molecular formula is C32H41N3O7. The van der Waals surface area contributed by atoms with Crippen LogP contribution in [-0.4, -0.2) is 62.5 Å². The van der Waals surface area contributed by atoms with Gasteiger partial charge < -0.3 is 30.6 Å². The number of nitrogens with one attached hydrogen (secondary N) is 2. The summed E-state index contributed by atoms with van der Waals surface area (Å²) in [5.41, 5.74) is 7.30. The highest BCUT2D eigenvalue weighted by Gasteiger charge is 2.30. The number of hydrogen-bond acceptors (Lipinski definition) is 8. The lowest BCUT2D eigenvalue weighted by Gasteiger charge is -2.23. The van der Waals surface area contributed by atoms with Gasteiger partial charge in [-0.05, 0) is 73.4 Å². The van der Waals surface area contributed by atoms with Gasteiger partial charge in [0.05, 0.1) is 13.2 Å². The van der Waals surface area contributed by atoms with Gasteiger partial charge in [0.2, 0.25) is 11.8 Å². The van der Waals surface area contributed by atoms with Crippen LogP contribution in [0.4, 0.5) is 0 Å². The van der Waals surface area contributed by atoms with Crippen LogP contribution < -0.4 is 25.8 Å². The average Bonchev–Trinajstić information content (AvgIpc) is 2.98. The molecule has 226 valence electrons. The van der Waals surface area contributed by atoms with Gasteiger partial charge in [0, 0.05) is 25.7 Å². The molecule has 2 amide bonds. The molecule has 0 saturated heterocycles. The Bertz CT molecular complexity index is 1210. The lowest BCUT2D eigenvalue weighted by atomic mass is 9.90. The molecule has 6 rings (SSSR count). The number of unbranched alkanes of at least 4 members (excludes halogenated alkanes) is 1. The summed E-state index contributed by atoms with van der Waals surface area (Å²) in [6.07, 6.45) is 5.79. The zero-order valence-electron chi connectivity index (χ0n) is 24.3. The van der Waals surface area contributed by atoms with Crippen LogP contribution in [0.5, 0.6) is 11.5 Å². The molecule has 0 unspecified atom stereocenters. The van der Waals surface area contributed by atoms with Gasteiger partial charge in [-0.1, -0.05) is 30.7 Å². The second kappa shape index (κ2) is 16.9. The molecule has 2 aromatic carbocycles. The Labute approximate surface area is 247 Å². The van der Waals surface area contributed by atoms with Gasteiger partial charge in [-0.3, -0.25) is 14.4 Å². The summed E-state index contributed by atoms with van der Waals surface area (Å²) in [6.45, 7) is 2.52. The number of carbonyl (C=O) groups is 4. The molecule has 10 heteroatoms. The van der Waals surface area contributed by atoms with E-state index < -0.39 is 29.9 Å². The molecule has 0 radical (unpaired) electrons. The van der Waals surface area contributed by atoms with Crippen molar-refractivity contribution in [3.05, 3.63) is 71.8 Å². The minimum absolute atomic E-state index is 0.102. The molecule has 10 nitrogen and oxygen atoms in total. The molecule has 4 N–H and O–H groups in total. The fourth-order valence-electron chi connectivity index (χ4n) is 4.70. The first-order valence-corrected chi connectivity index (χ1v) is 14.3. The Kier molecular flexibility index (Phi) is 13.0. The highest BCUT2D eigenvalue weighted by molar-refractivity contribution is 5.93. The second-order valence-corrected chi connectivity index (χ2v) is 10.3. The number of esters is 1. The number of nitrogens with two attached hydrogens (primary N) is 1. The third-order valence-electron chi connectivity index (χ3n) is 6.98. The van der Waals surface area contributed by atoms with Gasteiger partial charge in [-0.15, -0.1) is 0 Å². The first-order valence-electron chi connectivity index (χ1n) is 14.3. The van der Waals surface area contributed by atoms with Crippen molar-refractivity contribution in [1.82, 2.24) is 10.6 Å². The van der Waals surface area contributed by atoms with Crippen LogP contribution in [0.25, 0.3) is 0 Å². The van der Waals surface area contributed by atoms with E-state index in [-0.39, 0.29) is 31.0 Å². The van der Waals surface area contributed by atoms with E-state index in [4.69, 9.17) is 19.9 Å². The Hall–Kier alpha value is -4.18. The van der Waals surface area contributed by atoms with E-state index in [1.165, 1.54) is 14.0 Å². The molecule has 0 spiro atoms. The zero-order chi connectivity index (χ0) is 30.3. The minimum Gasteiger partial charge on any atom is -0.490 e. The Balaban J connectivity index is 1.90. The quantitative estimate of drug-likeness (QED) is 0.269. The number of Topliss-reactive ketones (excluding diaryl/α,β-unsaturated/α-hetero) is 1. The fourth-order valence-corrected chi connectivity index (χ4v) is 4.70. The largest absolute Gasteiger partial charge is 0.490 e. The highest BCUT2D eigenvalue weighted by Crippen LogP contribution is 2.20. The molecule has 0 saturated carbocycles. The first-order chi connectivity index (χ1) is 20.3. The van der Waals surface area contributed by atoms with E-state index in [2.05, 4.69) is 10.6 Å². The molecule has 3 atom stereocenters. The van der Waals surface area contributed by atoms with Crippen molar-refractivity contribution in [1.29, 1.82) is 0 Å². The predicted octanol–water partition coefficient (Wildman–Crippen LogP) is 2.67. The van der Waals surface area contributed by atoms with Crippen LogP contribution in [0, 0.1) is 5.92 Å². The number of ether oxygens (including phenoxy) is 3. The molecule has 2 aromatic rings. The number of benzene rings is 2. The van der Waals surface area contributed by atoms with Crippen molar-refractivity contribution in [2.45, 2.75) is 57.5 Å². The van der Waals surface area contributed by atoms with Crippen LogP contribution in [0.2, 0.25) is 0 Å². The zero-order valence-corrected chi connectivity index (χ0v) is 24.3. The second-order valence-electron chi connectivity index (χ2n) is 10.3. The number of ketones is 1. The van der Waals surface area contributed by atoms with E-state index in [1.54, 1.807) is 12.1 Å². The van der Waals surface area contributed by atoms with Crippen molar-refractivity contribution in [2.24, 2.45) is 11.7 Å². The monoisotopic (exact) mass is 579 g/mol. The Morgan fingerprint density at radius 3 is 2.00 bits per heavy atom. The summed E-state index contributed by atoms with van der Waals surface area (Å²) in [6, 6.07) is 12.8. The number of rotatable bonds is 6. The number of amides is 2. The van der Waals surface area contributed by atoms with E-state index in [0.29, 0.717) is 50.5 Å². The van der Waals surface area contributed by atoms with E-state index in [0.717, 1.165) is 11.1 Å². The van der Waals surface area contributed by atoms with Gasteiger partial charge >= 0.3 is 5.97 Å². The lowest BCUT2D eigenvalue weighted by molar-refractivity contribution is -0.145. The average molecular weight is 580 g/mol. The van der Waals surface area contributed by atoms with E-state index in [1.807, 2.05) is 48.6 Å². The standard InChI is InChI=1S/C32H41N3O7/c1-22(36)34-28-19-23-8-12-26(13-9-23)41-17-5-6-18-42-27-14-10-24(11-15-27)20-29(32(39)40-2)35-31(38)25(21-30(28)37)7-3-4-16-33/h5-6,8-15,25,28-29H,3-4,7,16-21,33H2,1-2H3,(H,34,36)(H,35,38)/t25-,28-,29-/m0/s1. The SMILES string of the molecule is COC(=O)[C@@H]1Cc2ccc(cc2)OCC=CCOc2ccc(cc2)C[C@H](NC(C)=O)C(=O)C[C@H](CCCCN)C(=O)N1. The molecule has 4 bridgehead atoms. The highest BCUT2D eigenvalue weighted by atomic mass is 16.5. The summed E-state index contributed by atoms with van der Waals surface area (Å²) < 4.78 is 16.5. The molecule has 4 aliphatic heterocycles.